The van der Waals surface area contributed by atoms with E-state index in [4.69, 9.17) is 5.73 Å². The second kappa shape index (κ2) is 8.93. The van der Waals surface area contributed by atoms with Crippen molar-refractivity contribution in [3.8, 4) is 11.1 Å². The first kappa shape index (κ1) is 18.6. The van der Waals surface area contributed by atoms with Crippen LogP contribution in [0.4, 0.5) is 17.1 Å². The SMILES string of the molecule is CCC.Cc1cccc(N(C)c2ccc(-c3ccc(N)cc3)cc2)c1. The number of nitrogens with two attached hydrogens (primary N) is 1. The number of hydrogen-bond donors (Lipinski definition) is 1. The molecule has 2 nitrogen and oxygen atoms in total. The van der Waals surface area contributed by atoms with Gasteiger partial charge < -0.3 is 10.6 Å². The van der Waals surface area contributed by atoms with Gasteiger partial charge in [-0.3, -0.25) is 0 Å². The predicted molar refractivity (Wildman–Crippen MR) is 111 cm³/mol. The minimum absolute atomic E-state index is 0.791. The maximum absolute atomic E-state index is 5.74. The van der Waals surface area contributed by atoms with Gasteiger partial charge >= 0.3 is 0 Å². The van der Waals surface area contributed by atoms with Crippen LogP contribution >= 0.6 is 0 Å². The molecule has 3 aromatic rings. The van der Waals surface area contributed by atoms with Gasteiger partial charge in [-0.2, -0.15) is 0 Å². The molecule has 0 heterocycles. The van der Waals surface area contributed by atoms with Crippen molar-refractivity contribution in [1.29, 1.82) is 0 Å². The van der Waals surface area contributed by atoms with Gasteiger partial charge in [-0.1, -0.05) is 56.7 Å². The van der Waals surface area contributed by atoms with Gasteiger partial charge in [0, 0.05) is 24.1 Å². The van der Waals surface area contributed by atoms with Crippen molar-refractivity contribution in [2.45, 2.75) is 27.2 Å². The van der Waals surface area contributed by atoms with Crippen molar-refractivity contribution in [1.82, 2.24) is 0 Å². The number of nitrogen functional groups attached to an aromatic ring is 1. The van der Waals surface area contributed by atoms with Crippen molar-refractivity contribution < 1.29 is 0 Å². The fourth-order valence-corrected chi connectivity index (χ4v) is 2.54. The van der Waals surface area contributed by atoms with Crippen molar-refractivity contribution in [2.24, 2.45) is 0 Å². The summed E-state index contributed by atoms with van der Waals surface area (Å²) < 4.78 is 0. The van der Waals surface area contributed by atoms with Crippen LogP contribution in [0.15, 0.2) is 72.8 Å². The second-order valence-electron chi connectivity index (χ2n) is 6.27. The summed E-state index contributed by atoms with van der Waals surface area (Å²) in [5.41, 5.74) is 12.5. The Morgan fingerprint density at radius 3 is 1.80 bits per heavy atom. The molecule has 3 aromatic carbocycles. The Morgan fingerprint density at radius 1 is 0.760 bits per heavy atom. The van der Waals surface area contributed by atoms with Crippen LogP contribution in [0, 0.1) is 6.92 Å². The molecule has 0 unspecified atom stereocenters. The lowest BCUT2D eigenvalue weighted by Crippen LogP contribution is -2.09. The van der Waals surface area contributed by atoms with E-state index >= 15 is 0 Å². The molecule has 25 heavy (non-hydrogen) atoms. The van der Waals surface area contributed by atoms with Crippen LogP contribution in [0.5, 0.6) is 0 Å². The molecular formula is C23H28N2. The van der Waals surface area contributed by atoms with E-state index in [9.17, 15) is 0 Å². The van der Waals surface area contributed by atoms with E-state index in [0.717, 1.165) is 5.69 Å². The first-order valence-corrected chi connectivity index (χ1v) is 8.81. The van der Waals surface area contributed by atoms with Crippen LogP contribution in [0.2, 0.25) is 0 Å². The van der Waals surface area contributed by atoms with Gasteiger partial charge in [0.1, 0.15) is 0 Å². The Morgan fingerprint density at radius 2 is 1.28 bits per heavy atom. The van der Waals surface area contributed by atoms with Crippen LogP contribution < -0.4 is 10.6 Å². The summed E-state index contributed by atoms with van der Waals surface area (Å²) in [4.78, 5) is 2.19. The van der Waals surface area contributed by atoms with E-state index in [-0.39, 0.29) is 0 Å². The van der Waals surface area contributed by atoms with Crippen LogP contribution in [-0.2, 0) is 0 Å². The number of rotatable bonds is 3. The van der Waals surface area contributed by atoms with Gasteiger partial charge in [0.15, 0.2) is 0 Å². The van der Waals surface area contributed by atoms with Crippen molar-refractivity contribution in [2.75, 3.05) is 17.7 Å². The normalized spacial score (nSPS) is 9.92. The third kappa shape index (κ3) is 5.12. The fourth-order valence-electron chi connectivity index (χ4n) is 2.54. The topological polar surface area (TPSA) is 29.3 Å². The molecule has 3 rings (SSSR count). The Hall–Kier alpha value is -2.74. The molecule has 0 bridgehead atoms. The Bertz CT molecular complexity index is 774. The van der Waals surface area contributed by atoms with Crippen LogP contribution in [0.1, 0.15) is 25.8 Å². The van der Waals surface area contributed by atoms with Gasteiger partial charge in [0.2, 0.25) is 0 Å². The monoisotopic (exact) mass is 332 g/mol. The summed E-state index contributed by atoms with van der Waals surface area (Å²) in [6.07, 6.45) is 1.25. The van der Waals surface area contributed by atoms with Gasteiger partial charge in [-0.15, -0.1) is 0 Å². The summed E-state index contributed by atoms with van der Waals surface area (Å²) in [6.45, 7) is 6.36. The lowest BCUT2D eigenvalue weighted by Gasteiger charge is -2.20. The molecule has 0 aliphatic heterocycles. The van der Waals surface area contributed by atoms with E-state index in [0.29, 0.717) is 0 Å². The first-order chi connectivity index (χ1) is 12.0. The highest BCUT2D eigenvalue weighted by Gasteiger charge is 2.05. The first-order valence-electron chi connectivity index (χ1n) is 8.81. The van der Waals surface area contributed by atoms with Gasteiger partial charge in [0.05, 0.1) is 0 Å². The predicted octanol–water partition coefficient (Wildman–Crippen LogP) is 6.43. The van der Waals surface area contributed by atoms with Crippen LogP contribution in [0.25, 0.3) is 11.1 Å². The molecule has 0 spiro atoms. The summed E-state index contributed by atoms with van der Waals surface area (Å²) >= 11 is 0. The lowest BCUT2D eigenvalue weighted by atomic mass is 10.0. The Labute approximate surface area is 151 Å². The summed E-state index contributed by atoms with van der Waals surface area (Å²) in [5.74, 6) is 0. The number of nitrogens with zero attached hydrogens (tertiary/aromatic N) is 1. The quantitative estimate of drug-likeness (QED) is 0.560. The zero-order valence-electron chi connectivity index (χ0n) is 15.7. The fraction of sp³-hybridized carbons (Fsp3) is 0.217. The Balaban J connectivity index is 0.000000701. The number of anilines is 3. The molecule has 0 aliphatic rings. The standard InChI is InChI=1S/C20H20N2.C3H8/c1-15-4-3-5-20(14-15)22(2)19-12-8-17(9-13-19)16-6-10-18(21)11-7-16;1-3-2/h3-14H,21H2,1-2H3;3H2,1-2H3. The molecule has 0 amide bonds. The number of hydrogen-bond acceptors (Lipinski definition) is 2. The summed E-state index contributed by atoms with van der Waals surface area (Å²) in [6, 6.07) is 25.1. The zero-order valence-corrected chi connectivity index (χ0v) is 15.7. The molecule has 0 atom stereocenters. The maximum atomic E-state index is 5.74. The van der Waals surface area contributed by atoms with E-state index in [1.807, 2.05) is 12.1 Å². The third-order valence-electron chi connectivity index (χ3n) is 3.89. The molecule has 0 radical (unpaired) electrons. The van der Waals surface area contributed by atoms with Crippen molar-refractivity contribution in [3.05, 3.63) is 78.4 Å². The van der Waals surface area contributed by atoms with Gasteiger partial charge in [-0.25, -0.2) is 0 Å². The largest absolute Gasteiger partial charge is 0.399 e. The minimum atomic E-state index is 0.791. The highest BCUT2D eigenvalue weighted by atomic mass is 15.1. The average Bonchev–Trinajstić information content (AvgIpc) is 2.63. The number of benzene rings is 3. The van der Waals surface area contributed by atoms with E-state index < -0.39 is 0 Å². The van der Waals surface area contributed by atoms with Crippen molar-refractivity contribution in [3.63, 3.8) is 0 Å². The molecule has 2 heteroatoms. The highest BCUT2D eigenvalue weighted by Crippen LogP contribution is 2.27. The Kier molecular flexibility index (Phi) is 6.64. The van der Waals surface area contributed by atoms with Crippen LogP contribution in [-0.4, -0.2) is 7.05 Å². The van der Waals surface area contributed by atoms with Crippen molar-refractivity contribution >= 4 is 17.1 Å². The molecular weight excluding hydrogens is 304 g/mol. The van der Waals surface area contributed by atoms with Gasteiger partial charge in [0.25, 0.3) is 0 Å². The molecule has 0 saturated heterocycles. The van der Waals surface area contributed by atoms with E-state index in [2.05, 4.69) is 93.4 Å². The molecule has 0 aliphatic carbocycles. The summed E-state index contributed by atoms with van der Waals surface area (Å²) in [7, 11) is 2.09. The smallest absolute Gasteiger partial charge is 0.0410 e. The van der Waals surface area contributed by atoms with Crippen LogP contribution in [0.3, 0.4) is 0 Å². The minimum Gasteiger partial charge on any atom is -0.399 e. The maximum Gasteiger partial charge on any atom is 0.0410 e. The molecule has 130 valence electrons. The van der Waals surface area contributed by atoms with Gasteiger partial charge in [-0.05, 0) is 60.0 Å². The molecule has 0 fully saturated rings. The molecule has 0 aromatic heterocycles. The second-order valence-corrected chi connectivity index (χ2v) is 6.27. The zero-order chi connectivity index (χ0) is 18.2. The highest BCUT2D eigenvalue weighted by molar-refractivity contribution is 5.70. The lowest BCUT2D eigenvalue weighted by molar-refractivity contribution is 1.09. The summed E-state index contributed by atoms with van der Waals surface area (Å²) in [5, 5.41) is 0. The van der Waals surface area contributed by atoms with E-state index in [1.165, 1.54) is 34.5 Å². The average molecular weight is 332 g/mol. The third-order valence-corrected chi connectivity index (χ3v) is 3.89. The molecule has 0 saturated carbocycles. The number of aryl methyl sites for hydroxylation is 1. The van der Waals surface area contributed by atoms with E-state index in [1.54, 1.807) is 0 Å². The molecule has 2 N–H and O–H groups in total.